The summed E-state index contributed by atoms with van der Waals surface area (Å²) >= 11 is 0. The number of carbonyl (C=O) groups is 3. The highest BCUT2D eigenvalue weighted by Gasteiger charge is 2.24. The molecule has 1 saturated heterocycles. The number of furan rings is 1. The van der Waals surface area contributed by atoms with Crippen LogP contribution in [0.5, 0.6) is 0 Å². The zero-order valence-electron chi connectivity index (χ0n) is 15.0. The first-order chi connectivity index (χ1) is 13.0. The van der Waals surface area contributed by atoms with Crippen LogP contribution in [-0.2, 0) is 0 Å². The Bertz CT molecular complexity index is 810. The number of amides is 4. The van der Waals surface area contributed by atoms with Crippen LogP contribution in [0, 0.1) is 6.92 Å². The Morgan fingerprint density at radius 2 is 1.70 bits per heavy atom. The average Bonchev–Trinajstić information content (AvgIpc) is 3.13. The van der Waals surface area contributed by atoms with E-state index in [1.165, 1.54) is 12.3 Å². The molecule has 0 spiro atoms. The molecule has 1 aliphatic rings. The van der Waals surface area contributed by atoms with Gasteiger partial charge < -0.3 is 14.6 Å². The Morgan fingerprint density at radius 1 is 1.00 bits per heavy atom. The van der Waals surface area contributed by atoms with Crippen LogP contribution >= 0.6 is 0 Å². The molecule has 1 fully saturated rings. The van der Waals surface area contributed by atoms with Crippen molar-refractivity contribution < 1.29 is 18.8 Å². The maximum absolute atomic E-state index is 12.2. The molecule has 27 heavy (non-hydrogen) atoms. The molecular weight excluding hydrogens is 348 g/mol. The molecule has 8 heteroatoms. The van der Waals surface area contributed by atoms with E-state index >= 15 is 0 Å². The van der Waals surface area contributed by atoms with Crippen molar-refractivity contribution in [2.45, 2.75) is 25.8 Å². The number of hydrogen-bond donors (Lipinski definition) is 3. The number of carbonyl (C=O) groups excluding carboxylic acids is 3. The van der Waals surface area contributed by atoms with Crippen molar-refractivity contribution in [3.05, 3.63) is 59.5 Å². The summed E-state index contributed by atoms with van der Waals surface area (Å²) < 4.78 is 5.07. The van der Waals surface area contributed by atoms with Crippen LogP contribution < -0.4 is 16.2 Å². The highest BCUT2D eigenvalue weighted by atomic mass is 16.3. The van der Waals surface area contributed by atoms with Gasteiger partial charge in [0, 0.05) is 24.7 Å². The van der Waals surface area contributed by atoms with Crippen molar-refractivity contribution in [3.8, 4) is 0 Å². The fourth-order valence-corrected chi connectivity index (χ4v) is 2.96. The van der Waals surface area contributed by atoms with Gasteiger partial charge in [-0.1, -0.05) is 18.2 Å². The number of rotatable bonds is 3. The van der Waals surface area contributed by atoms with Crippen LogP contribution in [-0.4, -0.2) is 41.9 Å². The lowest BCUT2D eigenvalue weighted by molar-refractivity contribution is 0.0899. The molecule has 142 valence electrons. The summed E-state index contributed by atoms with van der Waals surface area (Å²) in [7, 11) is 0. The number of nitrogens with zero attached hydrogens (tertiary/aromatic N) is 1. The maximum Gasteiger partial charge on any atom is 0.336 e. The molecule has 0 radical (unpaired) electrons. The molecule has 4 amide bonds. The predicted molar refractivity (Wildman–Crippen MR) is 97.9 cm³/mol. The summed E-state index contributed by atoms with van der Waals surface area (Å²) in [5.41, 5.74) is 5.78. The lowest BCUT2D eigenvalue weighted by Crippen LogP contribution is -2.53. The van der Waals surface area contributed by atoms with E-state index in [0.29, 0.717) is 42.8 Å². The highest BCUT2D eigenvalue weighted by Crippen LogP contribution is 2.12. The minimum atomic E-state index is -0.431. The van der Waals surface area contributed by atoms with Gasteiger partial charge in [-0.2, -0.15) is 0 Å². The van der Waals surface area contributed by atoms with Crippen molar-refractivity contribution in [1.82, 2.24) is 21.1 Å². The largest absolute Gasteiger partial charge is 0.469 e. The smallest absolute Gasteiger partial charge is 0.336 e. The first-order valence-electron chi connectivity index (χ1n) is 8.80. The molecule has 3 N–H and O–H groups in total. The van der Waals surface area contributed by atoms with Gasteiger partial charge in [-0.3, -0.25) is 15.0 Å². The van der Waals surface area contributed by atoms with Gasteiger partial charge in [0.15, 0.2) is 0 Å². The van der Waals surface area contributed by atoms with Crippen LogP contribution in [0.1, 0.15) is 39.3 Å². The third-order valence-corrected chi connectivity index (χ3v) is 4.54. The lowest BCUT2D eigenvalue weighted by Gasteiger charge is -2.32. The number of hydrogen-bond acceptors (Lipinski definition) is 4. The Hall–Kier alpha value is -3.29. The van der Waals surface area contributed by atoms with Gasteiger partial charge in [0.2, 0.25) is 0 Å². The maximum atomic E-state index is 12.2. The third-order valence-electron chi connectivity index (χ3n) is 4.54. The van der Waals surface area contributed by atoms with E-state index in [1.807, 2.05) is 18.2 Å². The first-order valence-corrected chi connectivity index (χ1v) is 8.80. The molecule has 0 saturated carbocycles. The van der Waals surface area contributed by atoms with Gasteiger partial charge in [0.25, 0.3) is 11.8 Å². The van der Waals surface area contributed by atoms with Crippen molar-refractivity contribution in [3.63, 3.8) is 0 Å². The topological polar surface area (TPSA) is 104 Å². The molecule has 1 aromatic carbocycles. The second kappa shape index (κ2) is 8.39. The number of benzene rings is 1. The summed E-state index contributed by atoms with van der Waals surface area (Å²) in [5.74, 6) is -0.0578. The Balaban J connectivity index is 1.42. The van der Waals surface area contributed by atoms with Crippen LogP contribution in [0.2, 0.25) is 0 Å². The number of likely N-dealkylation sites (tertiary alicyclic amines) is 1. The molecule has 8 nitrogen and oxygen atoms in total. The Morgan fingerprint density at radius 3 is 2.33 bits per heavy atom. The van der Waals surface area contributed by atoms with Gasteiger partial charge >= 0.3 is 6.03 Å². The van der Waals surface area contributed by atoms with E-state index in [9.17, 15) is 14.4 Å². The Kier molecular flexibility index (Phi) is 5.75. The van der Waals surface area contributed by atoms with Crippen molar-refractivity contribution >= 4 is 17.8 Å². The average molecular weight is 370 g/mol. The first kappa shape index (κ1) is 18.5. The fourth-order valence-electron chi connectivity index (χ4n) is 2.96. The SMILES string of the molecule is Cc1occc1C(=O)NNC(=O)N1CCC(NC(=O)c2ccccc2)CC1. The van der Waals surface area contributed by atoms with Gasteiger partial charge in [-0.05, 0) is 38.0 Å². The van der Waals surface area contributed by atoms with E-state index in [1.54, 1.807) is 24.0 Å². The highest BCUT2D eigenvalue weighted by molar-refractivity contribution is 5.96. The van der Waals surface area contributed by atoms with Crippen molar-refractivity contribution in [1.29, 1.82) is 0 Å². The van der Waals surface area contributed by atoms with E-state index < -0.39 is 5.91 Å². The summed E-state index contributed by atoms with van der Waals surface area (Å²) in [6.07, 6.45) is 2.72. The molecule has 2 aromatic rings. The molecule has 0 atom stereocenters. The van der Waals surface area contributed by atoms with E-state index in [-0.39, 0.29) is 18.0 Å². The van der Waals surface area contributed by atoms with Gasteiger partial charge in [-0.15, -0.1) is 0 Å². The summed E-state index contributed by atoms with van der Waals surface area (Å²) in [5, 5.41) is 2.99. The van der Waals surface area contributed by atoms with Crippen LogP contribution in [0.3, 0.4) is 0 Å². The van der Waals surface area contributed by atoms with Crippen LogP contribution in [0.4, 0.5) is 4.79 Å². The second-order valence-electron chi connectivity index (χ2n) is 6.38. The molecule has 1 aliphatic heterocycles. The van der Waals surface area contributed by atoms with Crippen molar-refractivity contribution in [2.24, 2.45) is 0 Å². The normalized spacial score (nSPS) is 14.5. The molecular formula is C19H22N4O4. The standard InChI is InChI=1S/C19H22N4O4/c1-13-16(9-12-27-13)18(25)21-22-19(26)23-10-7-15(8-11-23)20-17(24)14-5-3-2-4-6-14/h2-6,9,12,15H,7-8,10-11H2,1H3,(H,20,24)(H,21,25)(H,22,26). The van der Waals surface area contributed by atoms with E-state index in [4.69, 9.17) is 4.42 Å². The third kappa shape index (κ3) is 4.66. The zero-order chi connectivity index (χ0) is 19.2. The lowest BCUT2D eigenvalue weighted by atomic mass is 10.0. The quantitative estimate of drug-likeness (QED) is 0.717. The summed E-state index contributed by atoms with van der Waals surface area (Å²) in [4.78, 5) is 38.0. The molecule has 2 heterocycles. The van der Waals surface area contributed by atoms with E-state index in [0.717, 1.165) is 0 Å². The number of hydrazine groups is 1. The molecule has 0 bridgehead atoms. The number of nitrogens with one attached hydrogen (secondary N) is 3. The van der Waals surface area contributed by atoms with E-state index in [2.05, 4.69) is 16.2 Å². The van der Waals surface area contributed by atoms with Crippen molar-refractivity contribution in [2.75, 3.05) is 13.1 Å². The van der Waals surface area contributed by atoms with Gasteiger partial charge in [0.1, 0.15) is 5.76 Å². The number of aryl methyl sites for hydroxylation is 1. The minimum absolute atomic E-state index is 0.0185. The predicted octanol–water partition coefficient (Wildman–Crippen LogP) is 1.84. The summed E-state index contributed by atoms with van der Waals surface area (Å²) in [6.45, 7) is 2.66. The number of urea groups is 1. The zero-order valence-corrected chi connectivity index (χ0v) is 15.0. The minimum Gasteiger partial charge on any atom is -0.469 e. The summed E-state index contributed by atoms with van der Waals surface area (Å²) in [6, 6.07) is 10.2. The van der Waals surface area contributed by atoms with Gasteiger partial charge in [-0.25, -0.2) is 10.2 Å². The fraction of sp³-hybridized carbons (Fsp3) is 0.316. The monoisotopic (exact) mass is 370 g/mol. The van der Waals surface area contributed by atoms with Crippen LogP contribution in [0.25, 0.3) is 0 Å². The molecule has 0 unspecified atom stereocenters. The molecule has 0 aliphatic carbocycles. The molecule has 1 aromatic heterocycles. The Labute approximate surface area is 156 Å². The van der Waals surface area contributed by atoms with Gasteiger partial charge in [0.05, 0.1) is 11.8 Å². The number of piperidine rings is 1. The van der Waals surface area contributed by atoms with Crippen LogP contribution in [0.15, 0.2) is 47.1 Å². The molecule has 3 rings (SSSR count). The second-order valence-corrected chi connectivity index (χ2v) is 6.38.